The van der Waals surface area contributed by atoms with E-state index in [4.69, 9.17) is 21.1 Å². The van der Waals surface area contributed by atoms with Crippen LogP contribution in [-0.4, -0.2) is 43.6 Å². The van der Waals surface area contributed by atoms with Crippen LogP contribution in [-0.2, 0) is 14.3 Å². The number of carbonyl (C=O) groups excluding carboxylic acids is 2. The maximum Gasteiger partial charge on any atom is 0.308 e. The minimum absolute atomic E-state index is 0.0652. The molecule has 5 nitrogen and oxygen atoms in total. The Morgan fingerprint density at radius 2 is 2.05 bits per heavy atom. The number of ether oxygens (including phenoxy) is 2. The van der Waals surface area contributed by atoms with Gasteiger partial charge in [-0.3, -0.25) is 9.59 Å². The molecule has 0 bridgehead atoms. The standard InChI is InChI=1S/C15H17BrClNO4/c1-21-15(20)10-4-6-18(7-5-10)14(19)9-22-13-3-2-11(16)8-12(13)17/h2-3,8,10H,4-7,9H2,1H3. The lowest BCUT2D eigenvalue weighted by atomic mass is 9.97. The maximum absolute atomic E-state index is 12.1. The summed E-state index contributed by atoms with van der Waals surface area (Å²) in [6.45, 7) is 1.01. The number of amides is 1. The highest BCUT2D eigenvalue weighted by Crippen LogP contribution is 2.27. The Hall–Kier alpha value is -1.27. The van der Waals surface area contributed by atoms with Crippen molar-refractivity contribution in [2.75, 3.05) is 26.8 Å². The smallest absolute Gasteiger partial charge is 0.308 e. The monoisotopic (exact) mass is 389 g/mol. The van der Waals surface area contributed by atoms with Crippen molar-refractivity contribution in [3.63, 3.8) is 0 Å². The van der Waals surface area contributed by atoms with E-state index >= 15 is 0 Å². The van der Waals surface area contributed by atoms with Gasteiger partial charge in [0.25, 0.3) is 5.91 Å². The second-order valence-electron chi connectivity index (χ2n) is 5.04. The Balaban J connectivity index is 1.82. The van der Waals surface area contributed by atoms with Gasteiger partial charge in [0.15, 0.2) is 6.61 Å². The average Bonchev–Trinajstić information content (AvgIpc) is 2.53. The van der Waals surface area contributed by atoms with Gasteiger partial charge in [-0.05, 0) is 31.0 Å². The average molecular weight is 391 g/mol. The molecule has 1 aliphatic heterocycles. The quantitative estimate of drug-likeness (QED) is 0.742. The van der Waals surface area contributed by atoms with E-state index in [0.717, 1.165) is 4.47 Å². The highest BCUT2D eigenvalue weighted by atomic mass is 79.9. The fraction of sp³-hybridized carbons (Fsp3) is 0.467. The molecule has 1 heterocycles. The summed E-state index contributed by atoms with van der Waals surface area (Å²) >= 11 is 9.35. The summed E-state index contributed by atoms with van der Waals surface area (Å²) in [5, 5.41) is 0.451. The molecule has 1 saturated heterocycles. The molecule has 0 unspecified atom stereocenters. The highest BCUT2D eigenvalue weighted by Gasteiger charge is 2.27. The van der Waals surface area contributed by atoms with Crippen molar-refractivity contribution in [1.82, 2.24) is 4.90 Å². The number of hydrogen-bond acceptors (Lipinski definition) is 4. The first-order valence-corrected chi connectivity index (χ1v) is 8.12. The van der Waals surface area contributed by atoms with Gasteiger partial charge >= 0.3 is 5.97 Å². The minimum Gasteiger partial charge on any atom is -0.482 e. The fourth-order valence-corrected chi connectivity index (χ4v) is 3.08. The fourth-order valence-electron chi connectivity index (χ4n) is 2.35. The molecule has 1 aliphatic rings. The molecule has 120 valence electrons. The van der Waals surface area contributed by atoms with Gasteiger partial charge in [-0.15, -0.1) is 0 Å². The molecule has 1 fully saturated rings. The largest absolute Gasteiger partial charge is 0.482 e. The molecule has 0 N–H and O–H groups in total. The second kappa shape index (κ2) is 7.83. The van der Waals surface area contributed by atoms with Crippen LogP contribution in [0, 0.1) is 5.92 Å². The second-order valence-corrected chi connectivity index (χ2v) is 6.36. The Morgan fingerprint density at radius 3 is 2.64 bits per heavy atom. The molecule has 1 aromatic rings. The number of halogens is 2. The summed E-state index contributed by atoms with van der Waals surface area (Å²) in [5.74, 6) is 0.0471. The van der Waals surface area contributed by atoms with Crippen LogP contribution in [0.4, 0.5) is 0 Å². The molecule has 1 aromatic carbocycles. The zero-order valence-corrected chi connectivity index (χ0v) is 14.5. The molecular weight excluding hydrogens is 374 g/mol. The first-order chi connectivity index (χ1) is 10.5. The van der Waals surface area contributed by atoms with Gasteiger partial charge < -0.3 is 14.4 Å². The SMILES string of the molecule is COC(=O)C1CCN(C(=O)COc2ccc(Br)cc2Cl)CC1. The lowest BCUT2D eigenvalue weighted by Crippen LogP contribution is -2.42. The first kappa shape index (κ1) is 17.1. The van der Waals surface area contributed by atoms with E-state index in [-0.39, 0.29) is 24.4 Å². The van der Waals surface area contributed by atoms with Gasteiger partial charge in [0.1, 0.15) is 5.75 Å². The summed E-state index contributed by atoms with van der Waals surface area (Å²) in [5.41, 5.74) is 0. The van der Waals surface area contributed by atoms with E-state index < -0.39 is 0 Å². The zero-order valence-electron chi connectivity index (χ0n) is 12.2. The number of hydrogen-bond donors (Lipinski definition) is 0. The molecule has 0 atom stereocenters. The topological polar surface area (TPSA) is 55.8 Å². The Kier molecular flexibility index (Phi) is 6.08. The predicted molar refractivity (Wildman–Crippen MR) is 86.0 cm³/mol. The van der Waals surface area contributed by atoms with Gasteiger partial charge in [0.2, 0.25) is 0 Å². The maximum atomic E-state index is 12.1. The number of benzene rings is 1. The van der Waals surface area contributed by atoms with Crippen molar-refractivity contribution in [2.24, 2.45) is 5.92 Å². The number of rotatable bonds is 4. The van der Waals surface area contributed by atoms with E-state index in [9.17, 15) is 9.59 Å². The van der Waals surface area contributed by atoms with Crippen molar-refractivity contribution < 1.29 is 19.1 Å². The Morgan fingerprint density at radius 1 is 1.36 bits per heavy atom. The van der Waals surface area contributed by atoms with Gasteiger partial charge in [-0.1, -0.05) is 27.5 Å². The lowest BCUT2D eigenvalue weighted by Gasteiger charge is -2.30. The van der Waals surface area contributed by atoms with E-state index in [1.54, 1.807) is 23.1 Å². The lowest BCUT2D eigenvalue weighted by molar-refractivity contribution is -0.149. The van der Waals surface area contributed by atoms with Crippen LogP contribution < -0.4 is 4.74 Å². The van der Waals surface area contributed by atoms with E-state index in [2.05, 4.69) is 15.9 Å². The van der Waals surface area contributed by atoms with Crippen LogP contribution in [0.5, 0.6) is 5.75 Å². The molecule has 0 aromatic heterocycles. The van der Waals surface area contributed by atoms with Crippen LogP contribution in [0.25, 0.3) is 0 Å². The van der Waals surface area contributed by atoms with E-state index in [1.807, 2.05) is 0 Å². The third-order valence-corrected chi connectivity index (χ3v) is 4.42. The summed E-state index contributed by atoms with van der Waals surface area (Å²) < 4.78 is 11.0. The molecule has 0 radical (unpaired) electrons. The molecule has 0 saturated carbocycles. The number of likely N-dealkylation sites (tertiary alicyclic amines) is 1. The van der Waals surface area contributed by atoms with Crippen LogP contribution in [0.15, 0.2) is 22.7 Å². The molecule has 2 rings (SSSR count). The summed E-state index contributed by atoms with van der Waals surface area (Å²) in [7, 11) is 1.38. The predicted octanol–water partition coefficient (Wildman–Crippen LogP) is 2.89. The zero-order chi connectivity index (χ0) is 16.1. The van der Waals surface area contributed by atoms with Gasteiger partial charge in [-0.2, -0.15) is 0 Å². The number of piperidine rings is 1. The third kappa shape index (κ3) is 4.36. The highest BCUT2D eigenvalue weighted by molar-refractivity contribution is 9.10. The normalized spacial score (nSPS) is 15.5. The van der Waals surface area contributed by atoms with Crippen LogP contribution in [0.3, 0.4) is 0 Å². The first-order valence-electron chi connectivity index (χ1n) is 6.94. The van der Waals surface area contributed by atoms with Crippen molar-refractivity contribution >= 4 is 39.4 Å². The van der Waals surface area contributed by atoms with Gasteiger partial charge in [-0.25, -0.2) is 0 Å². The molecule has 0 spiro atoms. The van der Waals surface area contributed by atoms with Crippen LogP contribution >= 0.6 is 27.5 Å². The summed E-state index contributed by atoms with van der Waals surface area (Å²) in [6.07, 6.45) is 1.24. The minimum atomic E-state index is -0.204. The summed E-state index contributed by atoms with van der Waals surface area (Å²) in [6, 6.07) is 5.22. The number of carbonyl (C=O) groups is 2. The third-order valence-electron chi connectivity index (χ3n) is 3.63. The van der Waals surface area contributed by atoms with Gasteiger partial charge in [0, 0.05) is 17.6 Å². The van der Waals surface area contributed by atoms with Crippen molar-refractivity contribution in [1.29, 1.82) is 0 Å². The molecule has 22 heavy (non-hydrogen) atoms. The molecule has 1 amide bonds. The number of nitrogens with zero attached hydrogens (tertiary/aromatic N) is 1. The Bertz CT molecular complexity index is 558. The van der Waals surface area contributed by atoms with Crippen molar-refractivity contribution in [3.05, 3.63) is 27.7 Å². The molecule has 7 heteroatoms. The van der Waals surface area contributed by atoms with Gasteiger partial charge in [0.05, 0.1) is 18.1 Å². The van der Waals surface area contributed by atoms with Crippen LogP contribution in [0.1, 0.15) is 12.8 Å². The number of methoxy groups -OCH3 is 1. The van der Waals surface area contributed by atoms with E-state index in [0.29, 0.717) is 36.7 Å². The van der Waals surface area contributed by atoms with Crippen LogP contribution in [0.2, 0.25) is 5.02 Å². The Labute approximate surface area is 142 Å². The molecular formula is C15H17BrClNO4. The van der Waals surface area contributed by atoms with Crippen molar-refractivity contribution in [3.8, 4) is 5.75 Å². The number of esters is 1. The molecule has 0 aliphatic carbocycles. The van der Waals surface area contributed by atoms with E-state index in [1.165, 1.54) is 7.11 Å². The summed E-state index contributed by atoms with van der Waals surface area (Å²) in [4.78, 5) is 25.3. The van der Waals surface area contributed by atoms with Crippen molar-refractivity contribution in [2.45, 2.75) is 12.8 Å².